The third-order valence-corrected chi connectivity index (χ3v) is 2.01. The molecule has 0 aliphatic rings. The van der Waals surface area contributed by atoms with Crippen molar-refractivity contribution in [2.24, 2.45) is 0 Å². The fraction of sp³-hybridized carbons (Fsp3) is 0.250. The number of hydrogen-bond acceptors (Lipinski definition) is 2. The molecule has 11 heavy (non-hydrogen) atoms. The lowest BCUT2D eigenvalue weighted by molar-refractivity contribution is 0.0988. The molecule has 3 heteroatoms. The Morgan fingerprint density at radius 3 is 2.82 bits per heavy atom. The number of carbonyl (C=O) groups excluding carboxylic acids is 1. The third kappa shape index (κ3) is 2.25. The van der Waals surface area contributed by atoms with Crippen molar-refractivity contribution in [3.8, 4) is 0 Å². The molecule has 0 saturated heterocycles. The van der Waals surface area contributed by atoms with Crippen molar-refractivity contribution in [3.63, 3.8) is 0 Å². The summed E-state index contributed by atoms with van der Waals surface area (Å²) >= 11 is 2.11. The zero-order chi connectivity index (χ0) is 8.27. The van der Waals surface area contributed by atoms with Gasteiger partial charge in [0.1, 0.15) is 3.70 Å². The van der Waals surface area contributed by atoms with Crippen LogP contribution in [0.4, 0.5) is 0 Å². The van der Waals surface area contributed by atoms with Gasteiger partial charge in [0.05, 0.1) is 0 Å². The van der Waals surface area contributed by atoms with E-state index >= 15 is 0 Å². The molecule has 0 atom stereocenters. The molecule has 0 saturated carbocycles. The molecule has 0 aliphatic heterocycles. The molecule has 2 nitrogen and oxygen atoms in total. The molecular weight excluding hydrogens is 253 g/mol. The second-order valence-electron chi connectivity index (χ2n) is 2.15. The number of hydrogen-bond donors (Lipinski definition) is 0. The summed E-state index contributed by atoms with van der Waals surface area (Å²) in [6, 6.07) is 3.64. The van der Waals surface area contributed by atoms with Crippen molar-refractivity contribution in [2.75, 3.05) is 0 Å². The Labute approximate surface area is 79.2 Å². The molecule has 0 radical (unpaired) electrons. The lowest BCUT2D eigenvalue weighted by atomic mass is 10.1. The van der Waals surface area contributed by atoms with Crippen molar-refractivity contribution in [1.29, 1.82) is 0 Å². The van der Waals surface area contributed by atoms with Gasteiger partial charge in [0.25, 0.3) is 0 Å². The van der Waals surface area contributed by atoms with Crippen LogP contribution in [0.3, 0.4) is 0 Å². The van der Waals surface area contributed by atoms with Crippen LogP contribution >= 0.6 is 22.6 Å². The zero-order valence-corrected chi connectivity index (χ0v) is 8.33. The summed E-state index contributed by atoms with van der Waals surface area (Å²) in [4.78, 5) is 15.1. The quantitative estimate of drug-likeness (QED) is 0.464. The van der Waals surface area contributed by atoms with Crippen LogP contribution in [0.15, 0.2) is 18.3 Å². The number of carbonyl (C=O) groups is 1. The van der Waals surface area contributed by atoms with Gasteiger partial charge in [-0.25, -0.2) is 4.98 Å². The van der Waals surface area contributed by atoms with Crippen LogP contribution in [0.25, 0.3) is 0 Å². The van der Waals surface area contributed by atoms with Gasteiger partial charge < -0.3 is 0 Å². The number of rotatable bonds is 2. The van der Waals surface area contributed by atoms with E-state index in [1.165, 1.54) is 0 Å². The third-order valence-electron chi connectivity index (χ3n) is 1.37. The lowest BCUT2D eigenvalue weighted by Crippen LogP contribution is -1.96. The van der Waals surface area contributed by atoms with E-state index in [4.69, 9.17) is 0 Å². The molecule has 0 fully saturated rings. The summed E-state index contributed by atoms with van der Waals surface area (Å²) < 4.78 is 0.912. The number of halogens is 1. The fourth-order valence-corrected chi connectivity index (χ4v) is 1.06. The summed E-state index contributed by atoms with van der Waals surface area (Å²) in [5, 5.41) is 0. The SMILES string of the molecule is CCC(=O)c1ccc(I)nc1. The molecule has 1 aromatic heterocycles. The Bertz CT molecular complexity index is 255. The Hall–Kier alpha value is -0.450. The highest BCUT2D eigenvalue weighted by Crippen LogP contribution is 2.04. The number of nitrogens with zero attached hydrogens (tertiary/aromatic N) is 1. The van der Waals surface area contributed by atoms with E-state index in [9.17, 15) is 4.79 Å². The first kappa shape index (κ1) is 8.64. The van der Waals surface area contributed by atoms with Gasteiger partial charge in [-0.2, -0.15) is 0 Å². The number of aromatic nitrogens is 1. The van der Waals surface area contributed by atoms with Crippen molar-refractivity contribution in [2.45, 2.75) is 13.3 Å². The maximum atomic E-state index is 11.1. The van der Waals surface area contributed by atoms with Crippen molar-refractivity contribution < 1.29 is 4.79 Å². The fourth-order valence-electron chi connectivity index (χ4n) is 0.745. The van der Waals surface area contributed by atoms with Crippen LogP contribution in [0.5, 0.6) is 0 Å². The van der Waals surface area contributed by atoms with E-state index in [1.807, 2.05) is 13.0 Å². The van der Waals surface area contributed by atoms with Crippen molar-refractivity contribution >= 4 is 28.4 Å². The van der Waals surface area contributed by atoms with Crippen LogP contribution in [-0.2, 0) is 0 Å². The van der Waals surface area contributed by atoms with E-state index in [1.54, 1.807) is 12.3 Å². The molecule has 58 valence electrons. The Balaban J connectivity index is 2.90. The van der Waals surface area contributed by atoms with Crippen LogP contribution in [0.1, 0.15) is 23.7 Å². The topological polar surface area (TPSA) is 30.0 Å². The first-order chi connectivity index (χ1) is 5.24. The van der Waals surface area contributed by atoms with Crippen LogP contribution < -0.4 is 0 Å². The van der Waals surface area contributed by atoms with Crippen LogP contribution in [-0.4, -0.2) is 10.8 Å². The average Bonchev–Trinajstić information content (AvgIpc) is 2.05. The monoisotopic (exact) mass is 261 g/mol. The molecule has 0 bridgehead atoms. The Morgan fingerprint density at radius 1 is 1.64 bits per heavy atom. The second kappa shape index (κ2) is 3.80. The highest BCUT2D eigenvalue weighted by atomic mass is 127. The smallest absolute Gasteiger partial charge is 0.164 e. The average molecular weight is 261 g/mol. The van der Waals surface area contributed by atoms with Crippen molar-refractivity contribution in [3.05, 3.63) is 27.6 Å². The first-order valence-electron chi connectivity index (χ1n) is 3.38. The van der Waals surface area contributed by atoms with Gasteiger partial charge in [-0.05, 0) is 34.7 Å². The minimum absolute atomic E-state index is 0.147. The molecule has 0 unspecified atom stereocenters. The molecule has 0 aromatic carbocycles. The van der Waals surface area contributed by atoms with Gasteiger partial charge >= 0.3 is 0 Å². The highest BCUT2D eigenvalue weighted by molar-refractivity contribution is 14.1. The predicted molar refractivity (Wildman–Crippen MR) is 51.6 cm³/mol. The molecule has 1 aromatic rings. The minimum atomic E-state index is 0.147. The van der Waals surface area contributed by atoms with E-state index in [2.05, 4.69) is 27.6 Å². The summed E-state index contributed by atoms with van der Waals surface area (Å²) in [6.07, 6.45) is 2.16. The largest absolute Gasteiger partial charge is 0.294 e. The van der Waals surface area contributed by atoms with E-state index in [0.29, 0.717) is 12.0 Å². The normalized spacial score (nSPS) is 9.64. The standard InChI is InChI=1S/C8H8INO/c1-2-7(11)6-3-4-8(9)10-5-6/h3-5H,2H2,1H3. The molecule has 0 spiro atoms. The number of ketones is 1. The number of pyridine rings is 1. The number of Topliss-reactive ketones (excluding diaryl/α,β-unsaturated/α-hetero) is 1. The van der Waals surface area contributed by atoms with E-state index < -0.39 is 0 Å². The van der Waals surface area contributed by atoms with E-state index in [0.717, 1.165) is 3.70 Å². The van der Waals surface area contributed by atoms with Gasteiger partial charge in [0.15, 0.2) is 5.78 Å². The maximum Gasteiger partial charge on any atom is 0.164 e. The van der Waals surface area contributed by atoms with Gasteiger partial charge in [-0.15, -0.1) is 0 Å². The molecule has 1 rings (SSSR count). The van der Waals surface area contributed by atoms with Gasteiger partial charge in [-0.1, -0.05) is 6.92 Å². The second-order valence-corrected chi connectivity index (χ2v) is 3.25. The lowest BCUT2D eigenvalue weighted by Gasteiger charge is -1.95. The molecule has 0 N–H and O–H groups in total. The minimum Gasteiger partial charge on any atom is -0.294 e. The predicted octanol–water partition coefficient (Wildman–Crippen LogP) is 2.28. The molecule has 1 heterocycles. The van der Waals surface area contributed by atoms with Crippen LogP contribution in [0, 0.1) is 3.70 Å². The zero-order valence-electron chi connectivity index (χ0n) is 6.17. The molecule has 0 amide bonds. The Kier molecular flexibility index (Phi) is 2.99. The maximum absolute atomic E-state index is 11.1. The first-order valence-corrected chi connectivity index (χ1v) is 4.46. The molecule has 0 aliphatic carbocycles. The van der Waals surface area contributed by atoms with Crippen molar-refractivity contribution in [1.82, 2.24) is 4.98 Å². The highest BCUT2D eigenvalue weighted by Gasteiger charge is 2.01. The van der Waals surface area contributed by atoms with Crippen LogP contribution in [0.2, 0.25) is 0 Å². The summed E-state index contributed by atoms with van der Waals surface area (Å²) in [5.74, 6) is 0.147. The Morgan fingerprint density at radius 2 is 2.36 bits per heavy atom. The van der Waals surface area contributed by atoms with Gasteiger partial charge in [0.2, 0.25) is 0 Å². The summed E-state index contributed by atoms with van der Waals surface area (Å²) in [5.41, 5.74) is 0.702. The van der Waals surface area contributed by atoms with Gasteiger partial charge in [0, 0.05) is 18.2 Å². The summed E-state index contributed by atoms with van der Waals surface area (Å²) in [6.45, 7) is 1.85. The van der Waals surface area contributed by atoms with E-state index in [-0.39, 0.29) is 5.78 Å². The molecular formula is C8H8INO. The van der Waals surface area contributed by atoms with Gasteiger partial charge in [-0.3, -0.25) is 4.79 Å². The summed E-state index contributed by atoms with van der Waals surface area (Å²) in [7, 11) is 0.